The minimum Gasteiger partial charge on any atom is -0.337 e. The number of anilines is 1. The number of aryl methyl sites for hydroxylation is 1. The lowest BCUT2D eigenvalue weighted by molar-refractivity contribution is 0.0785. The maximum absolute atomic E-state index is 13.3. The van der Waals surface area contributed by atoms with Crippen molar-refractivity contribution in [3.63, 3.8) is 0 Å². The average Bonchev–Trinajstić information content (AvgIpc) is 2.69. The van der Waals surface area contributed by atoms with Crippen LogP contribution in [0.3, 0.4) is 0 Å². The number of nitrogens with zero attached hydrogens (tertiary/aromatic N) is 1. The summed E-state index contributed by atoms with van der Waals surface area (Å²) in [4.78, 5) is 14.3. The van der Waals surface area contributed by atoms with Gasteiger partial charge in [-0.25, -0.2) is 12.8 Å². The molecule has 0 saturated heterocycles. The summed E-state index contributed by atoms with van der Waals surface area (Å²) >= 11 is 0. The Balaban J connectivity index is 1.75. The van der Waals surface area contributed by atoms with Gasteiger partial charge in [0.2, 0.25) is 0 Å². The molecular weight excluding hydrogens is 391 g/mol. The number of nitrogens with one attached hydrogen (secondary N) is 1. The molecule has 0 aromatic heterocycles. The van der Waals surface area contributed by atoms with Crippen molar-refractivity contribution in [1.29, 1.82) is 0 Å². The Morgan fingerprint density at radius 2 is 1.72 bits per heavy atom. The molecule has 3 aromatic carbocycles. The fourth-order valence-corrected chi connectivity index (χ4v) is 4.07. The highest BCUT2D eigenvalue weighted by atomic mass is 32.2. The SMILES string of the molecule is Cc1cc(C(=O)N(C)Cc2cccc(F)c2)ccc1NS(=O)(=O)c1ccccc1. The lowest BCUT2D eigenvalue weighted by atomic mass is 10.1. The number of hydrogen-bond acceptors (Lipinski definition) is 3. The smallest absolute Gasteiger partial charge is 0.261 e. The van der Waals surface area contributed by atoms with E-state index in [2.05, 4.69) is 4.72 Å². The number of benzene rings is 3. The molecule has 5 nitrogen and oxygen atoms in total. The van der Waals surface area contributed by atoms with Crippen LogP contribution in [0.25, 0.3) is 0 Å². The van der Waals surface area contributed by atoms with Crippen molar-refractivity contribution in [1.82, 2.24) is 4.90 Å². The third-order valence-electron chi connectivity index (χ3n) is 4.43. The van der Waals surface area contributed by atoms with E-state index in [0.29, 0.717) is 22.4 Å². The molecule has 7 heteroatoms. The maximum atomic E-state index is 13.3. The Hall–Kier alpha value is -3.19. The van der Waals surface area contributed by atoms with Gasteiger partial charge in [-0.15, -0.1) is 0 Å². The third kappa shape index (κ3) is 5.00. The Bertz CT molecular complexity index is 1130. The summed E-state index contributed by atoms with van der Waals surface area (Å²) < 4.78 is 40.9. The Kier molecular flexibility index (Phi) is 5.98. The molecule has 0 aliphatic rings. The highest BCUT2D eigenvalue weighted by molar-refractivity contribution is 7.92. The van der Waals surface area contributed by atoms with Gasteiger partial charge in [-0.05, 0) is 60.5 Å². The zero-order valence-electron chi connectivity index (χ0n) is 16.1. The molecule has 1 amide bonds. The quantitative estimate of drug-likeness (QED) is 0.660. The summed E-state index contributed by atoms with van der Waals surface area (Å²) in [6, 6.07) is 18.9. The zero-order valence-corrected chi connectivity index (χ0v) is 16.9. The molecule has 0 bridgehead atoms. The Morgan fingerprint density at radius 3 is 2.38 bits per heavy atom. The molecular formula is C22H21FN2O3S. The van der Waals surface area contributed by atoms with Crippen molar-refractivity contribution >= 4 is 21.6 Å². The number of carbonyl (C=O) groups excluding carboxylic acids is 1. The van der Waals surface area contributed by atoms with Crippen molar-refractivity contribution in [2.24, 2.45) is 0 Å². The summed E-state index contributed by atoms with van der Waals surface area (Å²) in [6.07, 6.45) is 0. The fraction of sp³-hybridized carbons (Fsp3) is 0.136. The van der Waals surface area contributed by atoms with Gasteiger partial charge in [-0.2, -0.15) is 0 Å². The second-order valence-corrected chi connectivity index (χ2v) is 8.42. The lowest BCUT2D eigenvalue weighted by Gasteiger charge is -2.18. The molecule has 29 heavy (non-hydrogen) atoms. The molecule has 0 unspecified atom stereocenters. The molecule has 3 rings (SSSR count). The Morgan fingerprint density at radius 1 is 1.00 bits per heavy atom. The minimum absolute atomic E-state index is 0.161. The summed E-state index contributed by atoms with van der Waals surface area (Å²) in [5.74, 6) is -0.593. The predicted octanol–water partition coefficient (Wildman–Crippen LogP) is 4.21. The molecule has 3 aromatic rings. The van der Waals surface area contributed by atoms with E-state index in [-0.39, 0.29) is 23.2 Å². The summed E-state index contributed by atoms with van der Waals surface area (Å²) in [7, 11) is -2.08. The van der Waals surface area contributed by atoms with E-state index in [1.54, 1.807) is 62.5 Å². The Labute approximate surface area is 169 Å². The van der Waals surface area contributed by atoms with Gasteiger partial charge in [0.25, 0.3) is 15.9 Å². The van der Waals surface area contributed by atoms with E-state index >= 15 is 0 Å². The first-order valence-electron chi connectivity index (χ1n) is 8.95. The van der Waals surface area contributed by atoms with E-state index in [0.717, 1.165) is 0 Å². The van der Waals surface area contributed by atoms with E-state index in [1.807, 2.05) is 0 Å². The van der Waals surface area contributed by atoms with Crippen LogP contribution in [-0.2, 0) is 16.6 Å². The van der Waals surface area contributed by atoms with Gasteiger partial charge in [0.15, 0.2) is 0 Å². The van der Waals surface area contributed by atoms with Crippen molar-refractivity contribution in [2.45, 2.75) is 18.4 Å². The van der Waals surface area contributed by atoms with Crippen LogP contribution in [0.15, 0.2) is 77.7 Å². The average molecular weight is 412 g/mol. The third-order valence-corrected chi connectivity index (χ3v) is 5.81. The second-order valence-electron chi connectivity index (χ2n) is 6.74. The number of sulfonamides is 1. The molecule has 1 N–H and O–H groups in total. The molecule has 0 atom stereocenters. The van der Waals surface area contributed by atoms with Crippen LogP contribution in [0.2, 0.25) is 0 Å². The molecule has 0 saturated carbocycles. The van der Waals surface area contributed by atoms with Crippen LogP contribution < -0.4 is 4.72 Å². The number of amides is 1. The first kappa shape index (κ1) is 20.5. The van der Waals surface area contributed by atoms with E-state index < -0.39 is 10.0 Å². The van der Waals surface area contributed by atoms with Crippen molar-refractivity contribution in [3.8, 4) is 0 Å². The monoisotopic (exact) mass is 412 g/mol. The predicted molar refractivity (Wildman–Crippen MR) is 111 cm³/mol. The van der Waals surface area contributed by atoms with Crippen molar-refractivity contribution in [3.05, 3.63) is 95.3 Å². The number of carbonyl (C=O) groups is 1. The van der Waals surface area contributed by atoms with Crippen LogP contribution >= 0.6 is 0 Å². The second kappa shape index (κ2) is 8.45. The molecule has 0 heterocycles. The number of rotatable bonds is 6. The van der Waals surface area contributed by atoms with Crippen LogP contribution in [0.5, 0.6) is 0 Å². The van der Waals surface area contributed by atoms with Gasteiger partial charge < -0.3 is 4.90 Å². The number of hydrogen-bond donors (Lipinski definition) is 1. The van der Waals surface area contributed by atoms with Gasteiger partial charge in [-0.1, -0.05) is 30.3 Å². The lowest BCUT2D eigenvalue weighted by Crippen LogP contribution is -2.26. The van der Waals surface area contributed by atoms with E-state index in [1.165, 1.54) is 29.2 Å². The van der Waals surface area contributed by atoms with Crippen LogP contribution in [0.4, 0.5) is 10.1 Å². The normalized spacial score (nSPS) is 11.1. The molecule has 0 radical (unpaired) electrons. The maximum Gasteiger partial charge on any atom is 0.261 e. The molecule has 150 valence electrons. The van der Waals surface area contributed by atoms with Gasteiger partial charge in [0.05, 0.1) is 10.6 Å². The van der Waals surface area contributed by atoms with E-state index in [4.69, 9.17) is 0 Å². The highest BCUT2D eigenvalue weighted by Gasteiger charge is 2.17. The zero-order chi connectivity index (χ0) is 21.0. The topological polar surface area (TPSA) is 66.5 Å². The standard InChI is InChI=1S/C22H21FN2O3S/c1-16-13-18(22(26)25(2)15-17-7-6-8-19(23)14-17)11-12-21(16)24-29(27,28)20-9-4-3-5-10-20/h3-14,24H,15H2,1-2H3. The molecule has 0 spiro atoms. The van der Waals surface area contributed by atoms with E-state index in [9.17, 15) is 17.6 Å². The summed E-state index contributed by atoms with van der Waals surface area (Å²) in [5.41, 5.74) is 2.13. The first-order chi connectivity index (χ1) is 13.8. The molecule has 0 aliphatic heterocycles. The fourth-order valence-electron chi connectivity index (χ4n) is 2.92. The van der Waals surface area contributed by atoms with Gasteiger partial charge in [-0.3, -0.25) is 9.52 Å². The summed E-state index contributed by atoms with van der Waals surface area (Å²) in [6.45, 7) is 1.99. The molecule has 0 fully saturated rings. The van der Waals surface area contributed by atoms with Crippen LogP contribution in [0, 0.1) is 12.7 Å². The van der Waals surface area contributed by atoms with Gasteiger partial charge >= 0.3 is 0 Å². The largest absolute Gasteiger partial charge is 0.337 e. The highest BCUT2D eigenvalue weighted by Crippen LogP contribution is 2.22. The van der Waals surface area contributed by atoms with Crippen molar-refractivity contribution < 1.29 is 17.6 Å². The van der Waals surface area contributed by atoms with Crippen LogP contribution in [0.1, 0.15) is 21.5 Å². The van der Waals surface area contributed by atoms with Gasteiger partial charge in [0, 0.05) is 19.2 Å². The molecule has 0 aliphatic carbocycles. The first-order valence-corrected chi connectivity index (χ1v) is 10.4. The van der Waals surface area contributed by atoms with Crippen molar-refractivity contribution in [2.75, 3.05) is 11.8 Å². The summed E-state index contributed by atoms with van der Waals surface area (Å²) in [5, 5.41) is 0. The minimum atomic E-state index is -3.71. The van der Waals surface area contributed by atoms with Gasteiger partial charge in [0.1, 0.15) is 5.82 Å². The number of halogens is 1. The van der Waals surface area contributed by atoms with Crippen LogP contribution in [-0.4, -0.2) is 26.3 Å².